The highest BCUT2D eigenvalue weighted by molar-refractivity contribution is 14.0. The van der Waals surface area contributed by atoms with Crippen LogP contribution in [-0.2, 0) is 16.1 Å². The van der Waals surface area contributed by atoms with Gasteiger partial charge in [0.05, 0.1) is 25.4 Å². The van der Waals surface area contributed by atoms with E-state index in [0.29, 0.717) is 26.2 Å². The number of pyridine rings is 1. The molecule has 152 valence electrons. The lowest BCUT2D eigenvalue weighted by atomic mass is 10.2. The molecule has 2 heterocycles. The molecule has 1 aliphatic heterocycles. The van der Waals surface area contributed by atoms with Crippen LogP contribution in [0.25, 0.3) is 0 Å². The maximum absolute atomic E-state index is 11.9. The van der Waals surface area contributed by atoms with Crippen LogP contribution in [0.15, 0.2) is 23.3 Å². The second-order valence-corrected chi connectivity index (χ2v) is 6.27. The minimum atomic E-state index is 0. The number of carbonyl (C=O) groups excluding carboxylic acids is 1. The number of rotatable bonds is 7. The molecular formula is C18H31IN6O2. The smallest absolute Gasteiger partial charge is 0.234 e. The molecule has 0 aliphatic carbocycles. The largest absolute Gasteiger partial charge is 0.383 e. The molecule has 0 spiro atoms. The van der Waals surface area contributed by atoms with Gasteiger partial charge >= 0.3 is 0 Å². The number of aromatic nitrogens is 1. The highest BCUT2D eigenvalue weighted by Crippen LogP contribution is 2.05. The molecule has 0 bridgehead atoms. The summed E-state index contributed by atoms with van der Waals surface area (Å²) in [6.45, 7) is 7.58. The van der Waals surface area contributed by atoms with Crippen LogP contribution in [0, 0.1) is 6.92 Å². The highest BCUT2D eigenvalue weighted by Gasteiger charge is 2.21. The second kappa shape index (κ2) is 12.8. The number of methoxy groups -OCH3 is 1. The standard InChI is InChI=1S/C18H30N6O2.HI/c1-15-5-4-6-20-16(15)13-22-18(19-2)24-10-8-23(9-11-24)14-17(25)21-7-12-26-3;/h4-6H,7-14H2,1-3H3,(H,19,22)(H,21,25);1H. The van der Waals surface area contributed by atoms with Crippen molar-refractivity contribution < 1.29 is 9.53 Å². The number of aryl methyl sites for hydroxylation is 1. The van der Waals surface area contributed by atoms with E-state index >= 15 is 0 Å². The first-order valence-corrected chi connectivity index (χ1v) is 8.98. The fourth-order valence-electron chi connectivity index (χ4n) is 2.87. The van der Waals surface area contributed by atoms with Crippen molar-refractivity contribution in [2.24, 2.45) is 4.99 Å². The molecule has 0 radical (unpaired) electrons. The monoisotopic (exact) mass is 490 g/mol. The third-order valence-electron chi connectivity index (χ3n) is 4.41. The predicted octanol–water partition coefficient (Wildman–Crippen LogP) is 0.464. The summed E-state index contributed by atoms with van der Waals surface area (Å²) in [6.07, 6.45) is 1.81. The van der Waals surface area contributed by atoms with Gasteiger partial charge in [-0.05, 0) is 18.6 Å². The molecule has 1 saturated heterocycles. The van der Waals surface area contributed by atoms with Crippen LogP contribution in [0.4, 0.5) is 0 Å². The highest BCUT2D eigenvalue weighted by atomic mass is 127. The Labute approximate surface area is 178 Å². The van der Waals surface area contributed by atoms with Gasteiger partial charge in [0.1, 0.15) is 0 Å². The lowest BCUT2D eigenvalue weighted by Crippen LogP contribution is -2.54. The molecule has 2 rings (SSSR count). The summed E-state index contributed by atoms with van der Waals surface area (Å²) in [5.74, 6) is 0.919. The Kier molecular flexibility index (Phi) is 11.2. The Morgan fingerprint density at radius 1 is 1.30 bits per heavy atom. The molecule has 2 N–H and O–H groups in total. The molecule has 0 aromatic carbocycles. The Morgan fingerprint density at radius 2 is 2.04 bits per heavy atom. The van der Waals surface area contributed by atoms with Crippen LogP contribution < -0.4 is 10.6 Å². The van der Waals surface area contributed by atoms with E-state index in [1.165, 1.54) is 5.56 Å². The lowest BCUT2D eigenvalue weighted by Gasteiger charge is -2.36. The number of piperazine rings is 1. The molecule has 27 heavy (non-hydrogen) atoms. The number of aliphatic imine (C=N–C) groups is 1. The Bertz CT molecular complexity index is 605. The quantitative estimate of drug-likeness (QED) is 0.250. The van der Waals surface area contributed by atoms with Gasteiger partial charge in [0.15, 0.2) is 5.96 Å². The minimum absolute atomic E-state index is 0. The van der Waals surface area contributed by atoms with Crippen LogP contribution in [0.3, 0.4) is 0 Å². The van der Waals surface area contributed by atoms with Gasteiger partial charge in [-0.25, -0.2) is 0 Å². The average Bonchev–Trinajstić information content (AvgIpc) is 2.65. The predicted molar refractivity (Wildman–Crippen MR) is 117 cm³/mol. The van der Waals surface area contributed by atoms with Gasteiger partial charge < -0.3 is 20.3 Å². The molecular weight excluding hydrogens is 459 g/mol. The Morgan fingerprint density at radius 3 is 2.67 bits per heavy atom. The molecule has 9 heteroatoms. The fraction of sp³-hybridized carbons (Fsp3) is 0.611. The maximum atomic E-state index is 11.9. The van der Waals surface area contributed by atoms with Crippen LogP contribution >= 0.6 is 24.0 Å². The van der Waals surface area contributed by atoms with Crippen molar-refractivity contribution in [3.05, 3.63) is 29.6 Å². The van der Waals surface area contributed by atoms with Crippen LogP contribution in [0.5, 0.6) is 0 Å². The average molecular weight is 490 g/mol. The van der Waals surface area contributed by atoms with Crippen molar-refractivity contribution in [1.29, 1.82) is 0 Å². The van der Waals surface area contributed by atoms with Crippen molar-refractivity contribution in [3.8, 4) is 0 Å². The zero-order valence-corrected chi connectivity index (χ0v) is 18.7. The molecule has 1 aromatic heterocycles. The first-order valence-electron chi connectivity index (χ1n) is 8.98. The van der Waals surface area contributed by atoms with Gasteiger partial charge in [0.25, 0.3) is 0 Å². The van der Waals surface area contributed by atoms with Crippen molar-refractivity contribution in [2.75, 3.05) is 60.0 Å². The molecule has 1 aliphatic rings. The summed E-state index contributed by atoms with van der Waals surface area (Å²) < 4.78 is 4.94. The number of ether oxygens (including phenoxy) is 1. The van der Waals surface area contributed by atoms with Gasteiger partial charge in [-0.3, -0.25) is 19.7 Å². The van der Waals surface area contributed by atoms with Crippen LogP contribution in [0.2, 0.25) is 0 Å². The topological polar surface area (TPSA) is 82.1 Å². The number of guanidine groups is 1. The van der Waals surface area contributed by atoms with E-state index in [-0.39, 0.29) is 29.9 Å². The van der Waals surface area contributed by atoms with Gasteiger partial charge in [-0.2, -0.15) is 0 Å². The fourth-order valence-corrected chi connectivity index (χ4v) is 2.87. The summed E-state index contributed by atoms with van der Waals surface area (Å²) in [6, 6.07) is 4.00. The van der Waals surface area contributed by atoms with Crippen molar-refractivity contribution in [2.45, 2.75) is 13.5 Å². The number of nitrogens with one attached hydrogen (secondary N) is 2. The van der Waals surface area contributed by atoms with Crippen LogP contribution in [0.1, 0.15) is 11.3 Å². The molecule has 0 atom stereocenters. The van der Waals surface area contributed by atoms with Crippen molar-refractivity contribution in [3.63, 3.8) is 0 Å². The maximum Gasteiger partial charge on any atom is 0.234 e. The van der Waals surface area contributed by atoms with E-state index in [9.17, 15) is 4.79 Å². The van der Waals surface area contributed by atoms with E-state index in [0.717, 1.165) is 37.8 Å². The Hall–Kier alpha value is -1.46. The van der Waals surface area contributed by atoms with E-state index < -0.39 is 0 Å². The van der Waals surface area contributed by atoms with Gasteiger partial charge in [0, 0.05) is 53.1 Å². The molecule has 1 fully saturated rings. The minimum Gasteiger partial charge on any atom is -0.383 e. The molecule has 0 saturated carbocycles. The zero-order chi connectivity index (χ0) is 18.8. The first-order chi connectivity index (χ1) is 12.6. The summed E-state index contributed by atoms with van der Waals surface area (Å²) in [7, 11) is 3.42. The third kappa shape index (κ3) is 7.97. The van der Waals surface area contributed by atoms with E-state index in [2.05, 4.69) is 43.4 Å². The van der Waals surface area contributed by atoms with E-state index in [4.69, 9.17) is 4.74 Å². The molecule has 1 aromatic rings. The number of nitrogens with zero attached hydrogens (tertiary/aromatic N) is 4. The summed E-state index contributed by atoms with van der Waals surface area (Å²) >= 11 is 0. The van der Waals surface area contributed by atoms with Crippen molar-refractivity contribution in [1.82, 2.24) is 25.4 Å². The normalized spacial score (nSPS) is 15.2. The second-order valence-electron chi connectivity index (χ2n) is 6.27. The van der Waals surface area contributed by atoms with Gasteiger partial charge in [0.2, 0.25) is 5.91 Å². The molecule has 8 nitrogen and oxygen atoms in total. The summed E-state index contributed by atoms with van der Waals surface area (Å²) in [5, 5.41) is 6.25. The SMILES string of the molecule is CN=C(NCc1ncccc1C)N1CCN(CC(=O)NCCOC)CC1.I. The van der Waals surface area contributed by atoms with Gasteiger partial charge in [-0.15, -0.1) is 24.0 Å². The number of amides is 1. The summed E-state index contributed by atoms with van der Waals surface area (Å²) in [4.78, 5) is 25.1. The molecule has 1 amide bonds. The molecule has 0 unspecified atom stereocenters. The van der Waals surface area contributed by atoms with Gasteiger partial charge in [-0.1, -0.05) is 6.07 Å². The van der Waals surface area contributed by atoms with E-state index in [1.54, 1.807) is 14.2 Å². The third-order valence-corrected chi connectivity index (χ3v) is 4.41. The number of hydrogen-bond acceptors (Lipinski definition) is 5. The number of halogens is 1. The van der Waals surface area contributed by atoms with Crippen molar-refractivity contribution >= 4 is 35.8 Å². The summed E-state index contributed by atoms with van der Waals surface area (Å²) in [5.41, 5.74) is 2.19. The first kappa shape index (κ1) is 23.6. The lowest BCUT2D eigenvalue weighted by molar-refractivity contribution is -0.122. The van der Waals surface area contributed by atoms with E-state index in [1.807, 2.05) is 12.3 Å². The number of carbonyl (C=O) groups is 1. The van der Waals surface area contributed by atoms with Crippen LogP contribution in [-0.4, -0.2) is 86.7 Å². The zero-order valence-electron chi connectivity index (χ0n) is 16.4. The number of hydrogen-bond donors (Lipinski definition) is 2. The Balaban J connectivity index is 0.00000364.